The van der Waals surface area contributed by atoms with Gasteiger partial charge in [0.2, 0.25) is 11.4 Å². The van der Waals surface area contributed by atoms with Gasteiger partial charge in [0.1, 0.15) is 0 Å². The molecule has 0 fully saturated rings. The maximum atomic E-state index is 11.3. The first-order chi connectivity index (χ1) is 16.2. The average Bonchev–Trinajstić information content (AvgIpc) is 3.16. The molecular formula is C31H38N2. The van der Waals surface area contributed by atoms with Crippen LogP contribution in [0.2, 0.25) is 0 Å². The Morgan fingerprint density at radius 1 is 0.788 bits per heavy atom. The van der Waals surface area contributed by atoms with Crippen LogP contribution in [-0.4, -0.2) is 4.70 Å². The first kappa shape index (κ1) is 24.7. The average molecular weight is 439 g/mol. The number of rotatable bonds is 12. The molecule has 0 saturated heterocycles. The minimum Gasteiger partial charge on any atom is -0.493 e. The van der Waals surface area contributed by atoms with Gasteiger partial charge in [-0.1, -0.05) is 76.5 Å². The minimum absolute atomic E-state index is 0.868. The summed E-state index contributed by atoms with van der Waals surface area (Å²) < 4.78 is 1.40. The fraction of sp³-hybridized carbons (Fsp3) is 0.419. The third-order valence-corrected chi connectivity index (χ3v) is 6.30. The van der Waals surface area contributed by atoms with Gasteiger partial charge >= 0.3 is 0 Å². The van der Waals surface area contributed by atoms with Crippen molar-refractivity contribution in [2.24, 2.45) is 0 Å². The molecule has 0 amide bonds. The predicted molar refractivity (Wildman–Crippen MR) is 141 cm³/mol. The summed E-state index contributed by atoms with van der Waals surface area (Å²) >= 11 is 0. The van der Waals surface area contributed by atoms with E-state index < -0.39 is 0 Å². The molecule has 172 valence electrons. The second kappa shape index (κ2) is 12.9. The molecular weight excluding hydrogens is 400 g/mol. The normalized spacial score (nSPS) is 13.2. The molecule has 0 spiro atoms. The van der Waals surface area contributed by atoms with E-state index in [0.29, 0.717) is 0 Å². The molecule has 0 bridgehead atoms. The van der Waals surface area contributed by atoms with Gasteiger partial charge in [-0.15, -0.1) is 5.92 Å². The van der Waals surface area contributed by atoms with Crippen LogP contribution in [0.15, 0.2) is 60.2 Å². The summed E-state index contributed by atoms with van der Waals surface area (Å²) in [7, 11) is 0. The fourth-order valence-corrected chi connectivity index (χ4v) is 4.51. The van der Waals surface area contributed by atoms with E-state index in [1.54, 1.807) is 0 Å². The van der Waals surface area contributed by atoms with Gasteiger partial charge in [-0.2, -0.15) is 0 Å². The Labute approximate surface area is 200 Å². The van der Waals surface area contributed by atoms with Crippen LogP contribution in [0.5, 0.6) is 0 Å². The Morgan fingerprint density at radius 2 is 1.52 bits per heavy atom. The monoisotopic (exact) mass is 438 g/mol. The maximum absolute atomic E-state index is 11.3. The first-order valence-corrected chi connectivity index (χ1v) is 12.7. The Balaban J connectivity index is 1.80. The SMILES string of the molecule is CC#Cc1cccc(C2=C(CCCC)C=C(c3cccc(CCCCCCCC)c3)[N+]2=[N-])c1. The molecule has 3 rings (SSSR count). The zero-order valence-corrected chi connectivity index (χ0v) is 20.7. The molecule has 2 aromatic carbocycles. The van der Waals surface area contributed by atoms with E-state index in [1.165, 1.54) is 54.4 Å². The van der Waals surface area contributed by atoms with Crippen LogP contribution in [0, 0.1) is 11.8 Å². The molecule has 0 unspecified atom stereocenters. The molecule has 1 aliphatic rings. The first-order valence-electron chi connectivity index (χ1n) is 12.7. The summed E-state index contributed by atoms with van der Waals surface area (Å²) in [5.41, 5.74) is 18.7. The molecule has 33 heavy (non-hydrogen) atoms. The molecule has 2 heteroatoms. The Morgan fingerprint density at radius 3 is 2.30 bits per heavy atom. The largest absolute Gasteiger partial charge is 0.493 e. The van der Waals surface area contributed by atoms with E-state index in [9.17, 15) is 5.53 Å². The molecule has 0 atom stereocenters. The molecule has 2 nitrogen and oxygen atoms in total. The van der Waals surface area contributed by atoms with E-state index >= 15 is 0 Å². The second-order valence-corrected chi connectivity index (χ2v) is 8.99. The van der Waals surface area contributed by atoms with E-state index in [1.807, 2.05) is 19.1 Å². The molecule has 0 radical (unpaired) electrons. The van der Waals surface area contributed by atoms with Crippen LogP contribution in [0.4, 0.5) is 0 Å². The smallest absolute Gasteiger partial charge is 0.210 e. The number of aryl methyl sites for hydroxylation is 1. The number of allylic oxidation sites excluding steroid dienone is 2. The van der Waals surface area contributed by atoms with Gasteiger partial charge < -0.3 is 5.53 Å². The van der Waals surface area contributed by atoms with Gasteiger partial charge in [-0.25, -0.2) is 4.70 Å². The third-order valence-electron chi connectivity index (χ3n) is 6.30. The Kier molecular flexibility index (Phi) is 9.70. The van der Waals surface area contributed by atoms with Crippen molar-refractivity contribution >= 4 is 11.4 Å². The van der Waals surface area contributed by atoms with Crippen LogP contribution in [0.3, 0.4) is 0 Å². The lowest BCUT2D eigenvalue weighted by Gasteiger charge is -2.11. The second-order valence-electron chi connectivity index (χ2n) is 8.99. The molecule has 0 saturated carbocycles. The van der Waals surface area contributed by atoms with Crippen LogP contribution in [0.25, 0.3) is 16.9 Å². The predicted octanol–water partition coefficient (Wildman–Crippen LogP) is 8.95. The van der Waals surface area contributed by atoms with Gasteiger partial charge in [-0.3, -0.25) is 0 Å². The zero-order chi connectivity index (χ0) is 23.5. The van der Waals surface area contributed by atoms with Crippen molar-refractivity contribution in [3.63, 3.8) is 0 Å². The topological polar surface area (TPSA) is 25.3 Å². The molecule has 1 heterocycles. The summed E-state index contributed by atoms with van der Waals surface area (Å²) in [5.74, 6) is 6.12. The highest BCUT2D eigenvalue weighted by molar-refractivity contribution is 5.78. The van der Waals surface area contributed by atoms with Crippen molar-refractivity contribution < 1.29 is 4.70 Å². The Hall–Kier alpha value is -2.92. The summed E-state index contributed by atoms with van der Waals surface area (Å²) in [6.07, 6.45) is 14.3. The van der Waals surface area contributed by atoms with Crippen molar-refractivity contribution in [1.82, 2.24) is 0 Å². The standard InChI is InChI=1S/C31H38N2/c1-4-7-9-10-11-12-16-26-18-13-20-27(22-26)30-24-29(19-8-5-2)31(33(30)32)28-21-14-17-25(23-28)15-6-3/h13-14,17-18,20-24H,4-5,7-12,16,19H2,1-3H3. The van der Waals surface area contributed by atoms with Gasteiger partial charge in [0.25, 0.3) is 0 Å². The van der Waals surface area contributed by atoms with E-state index in [-0.39, 0.29) is 0 Å². The minimum atomic E-state index is 0.868. The molecule has 1 aliphatic heterocycles. The van der Waals surface area contributed by atoms with Crippen LogP contribution in [-0.2, 0) is 6.42 Å². The zero-order valence-electron chi connectivity index (χ0n) is 20.7. The molecule has 0 aliphatic carbocycles. The lowest BCUT2D eigenvalue weighted by atomic mass is 10.0. The fourth-order valence-electron chi connectivity index (χ4n) is 4.51. The number of benzene rings is 2. The highest BCUT2D eigenvalue weighted by Gasteiger charge is 2.28. The van der Waals surface area contributed by atoms with Crippen molar-refractivity contribution in [2.75, 3.05) is 0 Å². The van der Waals surface area contributed by atoms with E-state index in [0.717, 1.165) is 53.8 Å². The lowest BCUT2D eigenvalue weighted by molar-refractivity contribution is -0.344. The quantitative estimate of drug-likeness (QED) is 0.179. The van der Waals surface area contributed by atoms with E-state index in [2.05, 4.69) is 68.2 Å². The third kappa shape index (κ3) is 6.78. The van der Waals surface area contributed by atoms with Crippen molar-refractivity contribution in [3.8, 4) is 11.8 Å². The summed E-state index contributed by atoms with van der Waals surface area (Å²) in [6, 6.07) is 16.9. The van der Waals surface area contributed by atoms with Crippen molar-refractivity contribution in [3.05, 3.63) is 88.0 Å². The summed E-state index contributed by atoms with van der Waals surface area (Å²) in [6.45, 7) is 6.32. The number of hydrogen-bond acceptors (Lipinski definition) is 0. The van der Waals surface area contributed by atoms with Gasteiger partial charge in [0.15, 0.2) is 0 Å². The Bertz CT molecular complexity index is 1080. The lowest BCUT2D eigenvalue weighted by Crippen LogP contribution is -2.03. The van der Waals surface area contributed by atoms with Gasteiger partial charge in [0, 0.05) is 28.3 Å². The number of hydrogen-bond donors (Lipinski definition) is 0. The number of nitrogens with zero attached hydrogens (tertiary/aromatic N) is 2. The number of unbranched alkanes of at least 4 members (excludes halogenated alkanes) is 6. The van der Waals surface area contributed by atoms with Crippen LogP contribution < -0.4 is 0 Å². The molecule has 0 aromatic heterocycles. The highest BCUT2D eigenvalue weighted by Crippen LogP contribution is 2.37. The van der Waals surface area contributed by atoms with Crippen molar-refractivity contribution in [1.29, 1.82) is 0 Å². The molecule has 2 aromatic rings. The van der Waals surface area contributed by atoms with Gasteiger partial charge in [0.05, 0.1) is 0 Å². The molecule has 0 N–H and O–H groups in total. The maximum Gasteiger partial charge on any atom is 0.210 e. The van der Waals surface area contributed by atoms with Crippen molar-refractivity contribution in [2.45, 2.75) is 85.0 Å². The van der Waals surface area contributed by atoms with Crippen LogP contribution >= 0.6 is 0 Å². The van der Waals surface area contributed by atoms with E-state index in [4.69, 9.17) is 0 Å². The summed E-state index contributed by atoms with van der Waals surface area (Å²) in [4.78, 5) is 0. The summed E-state index contributed by atoms with van der Waals surface area (Å²) in [5, 5.41) is 0. The van der Waals surface area contributed by atoms with Crippen LogP contribution in [0.1, 0.15) is 101 Å². The van der Waals surface area contributed by atoms with Gasteiger partial charge in [-0.05, 0) is 68.5 Å². The highest BCUT2D eigenvalue weighted by atomic mass is 15.2.